The van der Waals surface area contributed by atoms with Gasteiger partial charge in [-0.15, -0.1) is 0 Å². The Morgan fingerprint density at radius 2 is 0.515 bits per heavy atom. The minimum absolute atomic E-state index is 0.478. The zero-order chi connectivity index (χ0) is 87.9. The molecule has 622 valence electrons. The number of hydrogen-bond acceptors (Lipinski definition) is 2. The maximum atomic E-state index is 2.55. The molecule has 0 saturated heterocycles. The standard InChI is InChI=1S/C130H82N4/c1-3-35-95(36-4-1)133-124-53-22-16-45-110(124)113-78-92(61-73-125(113)133)89-33-24-32-88(76-89)85-57-65-98(66-58-85)132(123-54-25-30-86-28-9-10-39-102(86)123)101-69-72-112-122(82-101)130(118-50-20-13-42-106(118)107-43-14-21-51-119(107)130)120-52-26-46-103(128(112)120)94-60-70-111-114-79-93(62-74-126(114)134(127(111)80-94)96-37-5-2-6-38-96)90-34-23-31-87(75-90)84-55-63-97(64-56-84)131(99-67-59-83-27-7-8-29-91(83)77-99)100-68-71-109-108-44-15-19-49-117(108)129(121(109)81-100)115-47-17-11-40-104(115)105-41-12-18-48-116(105)129/h1-82H. The lowest BCUT2D eigenvalue weighted by atomic mass is 9.70. The largest absolute Gasteiger partial charge is 0.310 e. The molecule has 24 aromatic rings. The summed E-state index contributed by atoms with van der Waals surface area (Å²) in [7, 11) is 0. The summed E-state index contributed by atoms with van der Waals surface area (Å²) in [6, 6.07) is 187. The first-order valence-electron chi connectivity index (χ1n) is 46.6. The minimum atomic E-state index is -0.660. The van der Waals surface area contributed by atoms with E-state index in [2.05, 4.69) is 516 Å². The Balaban J connectivity index is 0.545. The van der Waals surface area contributed by atoms with Crippen molar-refractivity contribution in [1.82, 2.24) is 9.13 Å². The Morgan fingerprint density at radius 3 is 1.09 bits per heavy atom. The number of nitrogens with zero attached hydrogens (tertiary/aromatic N) is 4. The normalized spacial score (nSPS) is 13.0. The van der Waals surface area contributed by atoms with Crippen LogP contribution < -0.4 is 9.80 Å². The van der Waals surface area contributed by atoms with Gasteiger partial charge in [-0.05, 0) is 300 Å². The Kier molecular flexibility index (Phi) is 16.7. The Bertz CT molecular complexity index is 8900. The summed E-state index contributed by atoms with van der Waals surface area (Å²) < 4.78 is 4.87. The van der Waals surface area contributed by atoms with E-state index < -0.39 is 10.8 Å². The van der Waals surface area contributed by atoms with Crippen LogP contribution in [0.5, 0.6) is 0 Å². The molecule has 4 nitrogen and oxygen atoms in total. The highest BCUT2D eigenvalue weighted by molar-refractivity contribution is 6.14. The number of fused-ring (bicyclic) bond motifs is 28. The van der Waals surface area contributed by atoms with E-state index in [1.54, 1.807) is 0 Å². The van der Waals surface area contributed by atoms with Crippen molar-refractivity contribution in [1.29, 1.82) is 0 Å². The Morgan fingerprint density at radius 1 is 0.157 bits per heavy atom. The summed E-state index contributed by atoms with van der Waals surface area (Å²) in [5, 5.41) is 9.64. The molecule has 0 fully saturated rings. The smallest absolute Gasteiger partial charge is 0.0726 e. The first-order valence-corrected chi connectivity index (χ1v) is 46.6. The Hall–Kier alpha value is -17.4. The SMILES string of the molecule is c1ccc(-n2c3ccccc3c3cc(-c4cccc(-c5ccc(N(c6ccc7c(c6)C6(c8ccccc8-c8ccccc86)c6cccc(-c8ccc9c%10cc(-c%11cccc(-c%12ccc(N(c%13ccc%14c(c%13)C%13(c%15ccccc%15-c%15ccccc%15%13)c%13ccccc%13-%14)c%13ccc%14ccccc%14c%13)cc%12)c%11)ccc%10n(-c%10ccccc%10)c9c8)c6-7)c6cccc7ccccc67)cc5)c4)ccc32)cc1. The summed E-state index contributed by atoms with van der Waals surface area (Å²) in [6.07, 6.45) is 0. The van der Waals surface area contributed by atoms with Crippen LogP contribution in [0.4, 0.5) is 34.1 Å². The van der Waals surface area contributed by atoms with Crippen LogP contribution in [0.3, 0.4) is 0 Å². The maximum Gasteiger partial charge on any atom is 0.0726 e. The molecule has 0 atom stereocenters. The van der Waals surface area contributed by atoms with Gasteiger partial charge in [-0.3, -0.25) is 0 Å². The van der Waals surface area contributed by atoms with Crippen molar-refractivity contribution in [2.24, 2.45) is 0 Å². The monoisotopic (exact) mass is 1700 g/mol. The molecule has 134 heavy (non-hydrogen) atoms. The predicted octanol–water partition coefficient (Wildman–Crippen LogP) is 34.1. The summed E-state index contributed by atoms with van der Waals surface area (Å²) in [5.74, 6) is 0. The van der Waals surface area contributed by atoms with Crippen molar-refractivity contribution in [3.05, 3.63) is 542 Å². The van der Waals surface area contributed by atoms with Gasteiger partial charge in [0.25, 0.3) is 0 Å². The fraction of sp³-hybridized carbons (Fsp3) is 0.0154. The van der Waals surface area contributed by atoms with Crippen LogP contribution in [0.2, 0.25) is 0 Å². The molecule has 4 aliphatic carbocycles. The van der Waals surface area contributed by atoms with Gasteiger partial charge >= 0.3 is 0 Å². The highest BCUT2D eigenvalue weighted by Gasteiger charge is 2.54. The second-order valence-electron chi connectivity index (χ2n) is 36.4. The van der Waals surface area contributed by atoms with Gasteiger partial charge in [0.2, 0.25) is 0 Å². The van der Waals surface area contributed by atoms with Gasteiger partial charge in [0.05, 0.1) is 38.6 Å². The summed E-state index contributed by atoms with van der Waals surface area (Å²) in [6.45, 7) is 0. The topological polar surface area (TPSA) is 16.3 Å². The number of hydrogen-bond donors (Lipinski definition) is 0. The lowest BCUT2D eigenvalue weighted by Gasteiger charge is -2.32. The molecular formula is C130H82N4. The zero-order valence-corrected chi connectivity index (χ0v) is 73.1. The van der Waals surface area contributed by atoms with Crippen molar-refractivity contribution in [2.45, 2.75) is 10.8 Å². The highest BCUT2D eigenvalue weighted by Crippen LogP contribution is 2.67. The van der Waals surface area contributed by atoms with Crippen LogP contribution in [0.15, 0.2) is 497 Å². The van der Waals surface area contributed by atoms with Gasteiger partial charge < -0.3 is 18.9 Å². The molecule has 0 radical (unpaired) electrons. The number of anilines is 6. The molecule has 4 heteroatoms. The number of aromatic nitrogens is 2. The molecule has 2 aromatic heterocycles. The average molecular weight is 1700 g/mol. The fourth-order valence-electron chi connectivity index (χ4n) is 24.0. The highest BCUT2D eigenvalue weighted by atomic mass is 15.2. The lowest BCUT2D eigenvalue weighted by molar-refractivity contribution is 0.793. The number of benzene rings is 22. The van der Waals surface area contributed by atoms with Crippen molar-refractivity contribution in [2.75, 3.05) is 9.80 Å². The number of rotatable bonds is 13. The van der Waals surface area contributed by atoms with E-state index in [4.69, 9.17) is 0 Å². The fourth-order valence-corrected chi connectivity index (χ4v) is 24.0. The molecule has 0 amide bonds. The maximum absolute atomic E-state index is 2.55. The lowest BCUT2D eigenvalue weighted by Crippen LogP contribution is -2.26. The van der Waals surface area contributed by atoms with Gasteiger partial charge in [-0.1, -0.05) is 358 Å². The molecule has 2 spiro atoms. The van der Waals surface area contributed by atoms with E-state index in [1.807, 2.05) is 0 Å². The molecule has 0 bridgehead atoms. The molecule has 0 saturated carbocycles. The molecule has 0 aliphatic heterocycles. The van der Waals surface area contributed by atoms with Crippen LogP contribution >= 0.6 is 0 Å². The van der Waals surface area contributed by atoms with Gasteiger partial charge in [0.15, 0.2) is 0 Å². The van der Waals surface area contributed by atoms with Crippen LogP contribution in [0.1, 0.15) is 44.5 Å². The predicted molar refractivity (Wildman–Crippen MR) is 559 cm³/mol. The first-order chi connectivity index (χ1) is 66.4. The summed E-state index contributed by atoms with van der Waals surface area (Å²) in [4.78, 5) is 4.96. The van der Waals surface area contributed by atoms with E-state index in [0.29, 0.717) is 0 Å². The van der Waals surface area contributed by atoms with Crippen LogP contribution in [-0.4, -0.2) is 9.13 Å². The molecule has 22 aromatic carbocycles. The first kappa shape index (κ1) is 75.5. The van der Waals surface area contributed by atoms with Crippen LogP contribution in [0, 0.1) is 0 Å². The van der Waals surface area contributed by atoms with Crippen molar-refractivity contribution in [3.63, 3.8) is 0 Å². The zero-order valence-electron chi connectivity index (χ0n) is 73.1. The van der Waals surface area contributed by atoms with Gasteiger partial charge in [0, 0.05) is 66.7 Å². The third-order valence-corrected chi connectivity index (χ3v) is 29.7. The second kappa shape index (κ2) is 29.5. The Labute approximate surface area is 777 Å². The van der Waals surface area contributed by atoms with E-state index >= 15 is 0 Å². The third kappa shape index (κ3) is 11.1. The summed E-state index contributed by atoms with van der Waals surface area (Å²) >= 11 is 0. The van der Waals surface area contributed by atoms with E-state index in [1.165, 1.54) is 160 Å². The average Bonchev–Trinajstić information content (AvgIpc) is 1.51. The molecule has 28 rings (SSSR count). The van der Waals surface area contributed by atoms with Crippen molar-refractivity contribution < 1.29 is 0 Å². The van der Waals surface area contributed by atoms with E-state index in [9.17, 15) is 0 Å². The van der Waals surface area contributed by atoms with Crippen LogP contribution in [0.25, 0.3) is 177 Å². The van der Waals surface area contributed by atoms with Gasteiger partial charge in [-0.25, -0.2) is 0 Å². The molecule has 0 unspecified atom stereocenters. The molecular weight excluding hydrogens is 1620 g/mol. The third-order valence-electron chi connectivity index (χ3n) is 29.7. The minimum Gasteiger partial charge on any atom is -0.310 e. The van der Waals surface area contributed by atoms with Crippen molar-refractivity contribution >= 4 is 99.3 Å². The number of para-hydroxylation sites is 3. The van der Waals surface area contributed by atoms with Gasteiger partial charge in [-0.2, -0.15) is 0 Å². The molecule has 2 heterocycles. The van der Waals surface area contributed by atoms with E-state index in [0.717, 1.165) is 95.5 Å². The molecule has 4 aliphatic rings. The second-order valence-corrected chi connectivity index (χ2v) is 36.4. The quantitative estimate of drug-likeness (QED) is 0.114. The van der Waals surface area contributed by atoms with Crippen LogP contribution in [-0.2, 0) is 10.8 Å². The van der Waals surface area contributed by atoms with Gasteiger partial charge in [0.1, 0.15) is 0 Å². The van der Waals surface area contributed by atoms with Crippen molar-refractivity contribution in [3.8, 4) is 112 Å². The molecule has 0 N–H and O–H groups in total. The van der Waals surface area contributed by atoms with E-state index in [-0.39, 0.29) is 0 Å². The summed E-state index contributed by atoms with van der Waals surface area (Å²) in [5.41, 5.74) is 44.6.